The van der Waals surface area contributed by atoms with Crippen LogP contribution < -0.4 is 5.32 Å². The summed E-state index contributed by atoms with van der Waals surface area (Å²) in [6.45, 7) is 4.63. The molecule has 14 heavy (non-hydrogen) atoms. The molecule has 80 valence electrons. The Morgan fingerprint density at radius 3 is 2.79 bits per heavy atom. The van der Waals surface area contributed by atoms with Crippen LogP contribution in [0.1, 0.15) is 25.6 Å². The van der Waals surface area contributed by atoms with Crippen LogP contribution in [0.3, 0.4) is 0 Å². The molecule has 0 amide bonds. The highest BCUT2D eigenvalue weighted by Crippen LogP contribution is 2.20. The second-order valence-electron chi connectivity index (χ2n) is 3.58. The average molecular weight is 199 g/mol. The molecule has 0 fully saturated rings. The van der Waals surface area contributed by atoms with Crippen molar-refractivity contribution in [2.45, 2.75) is 25.9 Å². The lowest BCUT2D eigenvalue weighted by Gasteiger charge is -2.17. The van der Waals surface area contributed by atoms with Crippen LogP contribution in [0.25, 0.3) is 0 Å². The SMILES string of the molecule is CNCCc1nc(C(C)(C)OC)no1. The molecular weight excluding hydrogens is 182 g/mol. The van der Waals surface area contributed by atoms with Gasteiger partial charge in [0.1, 0.15) is 5.60 Å². The zero-order valence-electron chi connectivity index (χ0n) is 9.13. The summed E-state index contributed by atoms with van der Waals surface area (Å²) in [7, 11) is 3.51. The predicted molar refractivity (Wildman–Crippen MR) is 52.0 cm³/mol. The second-order valence-corrected chi connectivity index (χ2v) is 3.58. The first kappa shape index (κ1) is 11.1. The van der Waals surface area contributed by atoms with Crippen LogP contribution in [0.2, 0.25) is 0 Å². The van der Waals surface area contributed by atoms with E-state index in [1.54, 1.807) is 7.11 Å². The van der Waals surface area contributed by atoms with Gasteiger partial charge in [0.2, 0.25) is 11.7 Å². The molecule has 1 aromatic rings. The largest absolute Gasteiger partial charge is 0.371 e. The molecule has 1 N–H and O–H groups in total. The lowest BCUT2D eigenvalue weighted by Crippen LogP contribution is -2.21. The van der Waals surface area contributed by atoms with Gasteiger partial charge in [0.25, 0.3) is 0 Å². The van der Waals surface area contributed by atoms with E-state index >= 15 is 0 Å². The van der Waals surface area contributed by atoms with Crippen molar-refractivity contribution >= 4 is 0 Å². The van der Waals surface area contributed by atoms with Crippen LogP contribution in [0.4, 0.5) is 0 Å². The second kappa shape index (κ2) is 4.52. The standard InChI is InChI=1S/C9H17N3O2/c1-9(2,13-4)8-11-7(14-12-8)5-6-10-3/h10H,5-6H2,1-4H3. The summed E-state index contributed by atoms with van der Waals surface area (Å²) >= 11 is 0. The van der Waals surface area contributed by atoms with Gasteiger partial charge in [-0.05, 0) is 20.9 Å². The third-order valence-electron chi connectivity index (χ3n) is 2.11. The van der Waals surface area contributed by atoms with Gasteiger partial charge in [-0.3, -0.25) is 0 Å². The molecule has 1 heterocycles. The van der Waals surface area contributed by atoms with Crippen LogP contribution in [0, 0.1) is 0 Å². The van der Waals surface area contributed by atoms with E-state index in [4.69, 9.17) is 9.26 Å². The Bertz CT molecular complexity index is 283. The van der Waals surface area contributed by atoms with Crippen molar-refractivity contribution in [2.75, 3.05) is 20.7 Å². The van der Waals surface area contributed by atoms with Gasteiger partial charge >= 0.3 is 0 Å². The monoisotopic (exact) mass is 199 g/mol. The molecule has 0 unspecified atom stereocenters. The number of ether oxygens (including phenoxy) is 1. The summed E-state index contributed by atoms with van der Waals surface area (Å²) in [5.74, 6) is 1.23. The molecule has 0 radical (unpaired) electrons. The molecule has 1 aromatic heterocycles. The van der Waals surface area contributed by atoms with E-state index in [0.29, 0.717) is 11.7 Å². The molecule has 0 spiro atoms. The summed E-state index contributed by atoms with van der Waals surface area (Å²) in [4.78, 5) is 4.25. The first-order valence-corrected chi connectivity index (χ1v) is 4.63. The van der Waals surface area contributed by atoms with Gasteiger partial charge < -0.3 is 14.6 Å². The summed E-state index contributed by atoms with van der Waals surface area (Å²) in [6.07, 6.45) is 0.739. The number of likely N-dealkylation sites (N-methyl/N-ethyl adjacent to an activating group) is 1. The van der Waals surface area contributed by atoms with E-state index < -0.39 is 5.60 Å². The van der Waals surface area contributed by atoms with E-state index in [0.717, 1.165) is 13.0 Å². The van der Waals surface area contributed by atoms with Crippen LogP contribution in [0.5, 0.6) is 0 Å². The zero-order valence-corrected chi connectivity index (χ0v) is 9.13. The van der Waals surface area contributed by atoms with E-state index in [2.05, 4.69) is 15.5 Å². The van der Waals surface area contributed by atoms with Crippen molar-refractivity contribution < 1.29 is 9.26 Å². The van der Waals surface area contributed by atoms with Gasteiger partial charge in [-0.2, -0.15) is 4.98 Å². The number of methoxy groups -OCH3 is 1. The summed E-state index contributed by atoms with van der Waals surface area (Å²) < 4.78 is 10.3. The van der Waals surface area contributed by atoms with Gasteiger partial charge in [-0.25, -0.2) is 0 Å². The van der Waals surface area contributed by atoms with Gasteiger partial charge in [-0.1, -0.05) is 5.16 Å². The number of rotatable bonds is 5. The highest BCUT2D eigenvalue weighted by atomic mass is 16.5. The van der Waals surface area contributed by atoms with Gasteiger partial charge in [0.05, 0.1) is 0 Å². The van der Waals surface area contributed by atoms with Gasteiger partial charge in [-0.15, -0.1) is 0 Å². The fourth-order valence-corrected chi connectivity index (χ4v) is 0.924. The fraction of sp³-hybridized carbons (Fsp3) is 0.778. The summed E-state index contributed by atoms with van der Waals surface area (Å²) in [6, 6.07) is 0. The van der Waals surface area contributed by atoms with E-state index in [-0.39, 0.29) is 0 Å². The quantitative estimate of drug-likeness (QED) is 0.757. The molecule has 0 atom stereocenters. The minimum absolute atomic E-state index is 0.485. The molecular formula is C9H17N3O2. The maximum Gasteiger partial charge on any atom is 0.228 e. The molecule has 0 saturated carbocycles. The first-order chi connectivity index (χ1) is 6.60. The highest BCUT2D eigenvalue weighted by Gasteiger charge is 2.25. The molecule has 0 saturated heterocycles. The third kappa shape index (κ3) is 2.52. The lowest BCUT2D eigenvalue weighted by atomic mass is 10.1. The lowest BCUT2D eigenvalue weighted by molar-refractivity contribution is 0.00973. The Morgan fingerprint density at radius 2 is 2.21 bits per heavy atom. The Kier molecular flexibility index (Phi) is 3.60. The van der Waals surface area contributed by atoms with Crippen LogP contribution in [-0.2, 0) is 16.8 Å². The number of hydrogen-bond donors (Lipinski definition) is 1. The molecule has 0 aliphatic carbocycles. The third-order valence-corrected chi connectivity index (χ3v) is 2.11. The number of nitrogens with zero attached hydrogens (tertiary/aromatic N) is 2. The maximum atomic E-state index is 5.24. The number of hydrogen-bond acceptors (Lipinski definition) is 5. The minimum atomic E-state index is -0.485. The van der Waals surface area contributed by atoms with Crippen LogP contribution in [-0.4, -0.2) is 30.8 Å². The molecule has 0 bridgehead atoms. The topological polar surface area (TPSA) is 60.2 Å². The Morgan fingerprint density at radius 1 is 1.50 bits per heavy atom. The van der Waals surface area contributed by atoms with Crippen molar-refractivity contribution in [1.82, 2.24) is 15.5 Å². The number of aromatic nitrogens is 2. The van der Waals surface area contributed by atoms with Crippen molar-refractivity contribution in [2.24, 2.45) is 0 Å². The van der Waals surface area contributed by atoms with Crippen molar-refractivity contribution in [3.8, 4) is 0 Å². The first-order valence-electron chi connectivity index (χ1n) is 4.63. The summed E-state index contributed by atoms with van der Waals surface area (Å²) in [5.41, 5.74) is -0.485. The average Bonchev–Trinajstić information content (AvgIpc) is 2.63. The molecule has 0 aliphatic heterocycles. The van der Waals surface area contributed by atoms with Crippen LogP contribution >= 0.6 is 0 Å². The normalized spacial score (nSPS) is 12.0. The van der Waals surface area contributed by atoms with Crippen molar-refractivity contribution in [3.05, 3.63) is 11.7 Å². The molecule has 0 aromatic carbocycles. The van der Waals surface area contributed by atoms with Gasteiger partial charge in [0.15, 0.2) is 0 Å². The Hall–Kier alpha value is -0.940. The molecule has 5 nitrogen and oxygen atoms in total. The zero-order chi connectivity index (χ0) is 10.6. The van der Waals surface area contributed by atoms with Crippen LogP contribution in [0.15, 0.2) is 4.52 Å². The maximum absolute atomic E-state index is 5.24. The molecule has 5 heteroatoms. The highest BCUT2D eigenvalue weighted by molar-refractivity contribution is 4.97. The Labute approximate surface area is 83.8 Å². The van der Waals surface area contributed by atoms with E-state index in [1.807, 2.05) is 20.9 Å². The fourth-order valence-electron chi connectivity index (χ4n) is 0.924. The van der Waals surface area contributed by atoms with Crippen molar-refractivity contribution in [3.63, 3.8) is 0 Å². The van der Waals surface area contributed by atoms with E-state index in [1.165, 1.54) is 0 Å². The van der Waals surface area contributed by atoms with Crippen molar-refractivity contribution in [1.29, 1.82) is 0 Å². The van der Waals surface area contributed by atoms with Gasteiger partial charge in [0, 0.05) is 20.1 Å². The van der Waals surface area contributed by atoms with E-state index in [9.17, 15) is 0 Å². The number of nitrogens with one attached hydrogen (secondary N) is 1. The molecule has 0 aliphatic rings. The Balaban J connectivity index is 2.67. The molecule has 1 rings (SSSR count). The summed E-state index contributed by atoms with van der Waals surface area (Å²) in [5, 5.41) is 6.89. The predicted octanol–water partition coefficient (Wildman–Crippen LogP) is 0.713. The smallest absolute Gasteiger partial charge is 0.228 e. The minimum Gasteiger partial charge on any atom is -0.371 e.